The lowest BCUT2D eigenvalue weighted by atomic mass is 10.0. The molecule has 0 aromatic heterocycles. The predicted octanol–water partition coefficient (Wildman–Crippen LogP) is 3.73. The monoisotopic (exact) mass is 297 g/mol. The molecule has 0 aliphatic carbocycles. The smallest absolute Gasteiger partial charge is 0.251 e. The number of ether oxygens (including phenoxy) is 1. The Kier molecular flexibility index (Phi) is 5.34. The van der Waals surface area contributed by atoms with Gasteiger partial charge in [0.05, 0.1) is 6.10 Å². The molecular formula is C19H23NO2. The first-order valence-electron chi connectivity index (χ1n) is 7.46. The molecule has 1 unspecified atom stereocenters. The van der Waals surface area contributed by atoms with Gasteiger partial charge in [0.15, 0.2) is 0 Å². The molecule has 2 rings (SSSR count). The molecule has 3 heteroatoms. The lowest BCUT2D eigenvalue weighted by molar-refractivity contribution is 0.0825. The molecule has 22 heavy (non-hydrogen) atoms. The number of carbonyl (C=O) groups excluding carboxylic acids is 1. The number of nitrogens with one attached hydrogen (secondary N) is 1. The van der Waals surface area contributed by atoms with Gasteiger partial charge in [0.1, 0.15) is 0 Å². The van der Waals surface area contributed by atoms with E-state index < -0.39 is 0 Å². The minimum Gasteiger partial charge on any atom is -0.375 e. The summed E-state index contributed by atoms with van der Waals surface area (Å²) in [7, 11) is 1.67. The van der Waals surface area contributed by atoms with E-state index in [1.807, 2.05) is 63.2 Å². The molecule has 0 fully saturated rings. The standard InChI is InChI=1S/C19H23NO2/c1-13-9-10-15(3)17(11-13)19(21)20-12-18(22-4)16-8-6-5-7-14(16)2/h5-11,18H,12H2,1-4H3,(H,20,21). The van der Waals surface area contributed by atoms with E-state index in [2.05, 4.69) is 5.32 Å². The normalized spacial score (nSPS) is 12.0. The molecule has 0 radical (unpaired) electrons. The van der Waals surface area contributed by atoms with Crippen molar-refractivity contribution < 1.29 is 9.53 Å². The van der Waals surface area contributed by atoms with Crippen LogP contribution in [0.25, 0.3) is 0 Å². The summed E-state index contributed by atoms with van der Waals surface area (Å²) in [4.78, 5) is 12.4. The van der Waals surface area contributed by atoms with Crippen LogP contribution in [0.2, 0.25) is 0 Å². The van der Waals surface area contributed by atoms with Crippen molar-refractivity contribution in [2.24, 2.45) is 0 Å². The molecule has 1 N–H and O–H groups in total. The van der Waals surface area contributed by atoms with Crippen molar-refractivity contribution in [2.75, 3.05) is 13.7 Å². The fraction of sp³-hybridized carbons (Fsp3) is 0.316. The Balaban J connectivity index is 2.09. The highest BCUT2D eigenvalue weighted by Gasteiger charge is 2.15. The Bertz CT molecular complexity index is 664. The third-order valence-electron chi connectivity index (χ3n) is 3.91. The summed E-state index contributed by atoms with van der Waals surface area (Å²) in [6.07, 6.45) is -0.143. The van der Waals surface area contributed by atoms with E-state index in [1.165, 1.54) is 0 Å². The van der Waals surface area contributed by atoms with E-state index in [0.29, 0.717) is 6.54 Å². The number of amides is 1. The number of hydrogen-bond donors (Lipinski definition) is 1. The zero-order valence-corrected chi connectivity index (χ0v) is 13.6. The van der Waals surface area contributed by atoms with Gasteiger partial charge in [0.25, 0.3) is 5.91 Å². The van der Waals surface area contributed by atoms with Crippen LogP contribution in [0.15, 0.2) is 42.5 Å². The highest BCUT2D eigenvalue weighted by molar-refractivity contribution is 5.95. The molecule has 2 aromatic rings. The van der Waals surface area contributed by atoms with Gasteiger partial charge in [-0.2, -0.15) is 0 Å². The SMILES string of the molecule is COC(CNC(=O)c1cc(C)ccc1C)c1ccccc1C. The van der Waals surface area contributed by atoms with Crippen LogP contribution in [0.1, 0.15) is 38.7 Å². The van der Waals surface area contributed by atoms with E-state index in [1.54, 1.807) is 7.11 Å². The summed E-state index contributed by atoms with van der Waals surface area (Å²) in [5.41, 5.74) is 5.05. The molecule has 0 spiro atoms. The molecular weight excluding hydrogens is 274 g/mol. The molecule has 2 aromatic carbocycles. The third kappa shape index (κ3) is 3.74. The number of methoxy groups -OCH3 is 1. The van der Waals surface area contributed by atoms with E-state index in [9.17, 15) is 4.79 Å². The van der Waals surface area contributed by atoms with Crippen molar-refractivity contribution in [1.29, 1.82) is 0 Å². The van der Waals surface area contributed by atoms with Crippen molar-refractivity contribution in [3.63, 3.8) is 0 Å². The second kappa shape index (κ2) is 7.23. The van der Waals surface area contributed by atoms with Crippen LogP contribution >= 0.6 is 0 Å². The first-order valence-corrected chi connectivity index (χ1v) is 7.46. The topological polar surface area (TPSA) is 38.3 Å². The summed E-state index contributed by atoms with van der Waals surface area (Å²) < 4.78 is 5.54. The lowest BCUT2D eigenvalue weighted by Crippen LogP contribution is -2.30. The second-order valence-electron chi connectivity index (χ2n) is 5.61. The first kappa shape index (κ1) is 16.2. The summed E-state index contributed by atoms with van der Waals surface area (Å²) >= 11 is 0. The lowest BCUT2D eigenvalue weighted by Gasteiger charge is -2.19. The van der Waals surface area contributed by atoms with E-state index in [0.717, 1.165) is 27.8 Å². The summed E-state index contributed by atoms with van der Waals surface area (Å²) in [6, 6.07) is 14.0. The van der Waals surface area contributed by atoms with Crippen LogP contribution in [0.3, 0.4) is 0 Å². The van der Waals surface area contributed by atoms with E-state index in [4.69, 9.17) is 4.74 Å². The quantitative estimate of drug-likeness (QED) is 0.913. The molecule has 0 bridgehead atoms. The van der Waals surface area contributed by atoms with Crippen LogP contribution in [0.5, 0.6) is 0 Å². The Morgan fingerprint density at radius 3 is 2.50 bits per heavy atom. The van der Waals surface area contributed by atoms with Gasteiger partial charge in [0.2, 0.25) is 0 Å². The first-order chi connectivity index (χ1) is 10.5. The zero-order valence-electron chi connectivity index (χ0n) is 13.6. The average molecular weight is 297 g/mol. The number of benzene rings is 2. The minimum atomic E-state index is -0.143. The van der Waals surface area contributed by atoms with Crippen LogP contribution in [0.4, 0.5) is 0 Å². The van der Waals surface area contributed by atoms with Gasteiger partial charge in [0, 0.05) is 19.2 Å². The van der Waals surface area contributed by atoms with Crippen molar-refractivity contribution in [2.45, 2.75) is 26.9 Å². The third-order valence-corrected chi connectivity index (χ3v) is 3.91. The van der Waals surface area contributed by atoms with Gasteiger partial charge in [-0.1, -0.05) is 42.0 Å². The Morgan fingerprint density at radius 2 is 1.82 bits per heavy atom. The summed E-state index contributed by atoms with van der Waals surface area (Å²) in [5, 5.41) is 2.98. The van der Waals surface area contributed by atoms with Crippen LogP contribution < -0.4 is 5.32 Å². The van der Waals surface area contributed by atoms with Gasteiger partial charge in [-0.15, -0.1) is 0 Å². The zero-order chi connectivity index (χ0) is 16.1. The van der Waals surface area contributed by atoms with Gasteiger partial charge < -0.3 is 10.1 Å². The molecule has 0 aliphatic heterocycles. The highest BCUT2D eigenvalue weighted by atomic mass is 16.5. The molecule has 116 valence electrons. The fourth-order valence-electron chi connectivity index (χ4n) is 2.53. The van der Waals surface area contributed by atoms with Gasteiger partial charge >= 0.3 is 0 Å². The number of rotatable bonds is 5. The van der Waals surface area contributed by atoms with Gasteiger partial charge in [-0.05, 0) is 43.5 Å². The van der Waals surface area contributed by atoms with Gasteiger partial charge in [-0.25, -0.2) is 0 Å². The largest absolute Gasteiger partial charge is 0.375 e. The molecule has 1 atom stereocenters. The maximum atomic E-state index is 12.4. The average Bonchev–Trinajstić information content (AvgIpc) is 2.51. The van der Waals surface area contributed by atoms with E-state index in [-0.39, 0.29) is 12.0 Å². The van der Waals surface area contributed by atoms with Crippen LogP contribution in [-0.2, 0) is 4.74 Å². The van der Waals surface area contributed by atoms with Crippen LogP contribution in [-0.4, -0.2) is 19.6 Å². The Labute approximate surface area is 132 Å². The number of carbonyl (C=O) groups is 1. The Hall–Kier alpha value is -2.13. The molecule has 1 amide bonds. The molecule has 0 heterocycles. The van der Waals surface area contributed by atoms with E-state index >= 15 is 0 Å². The van der Waals surface area contributed by atoms with Crippen molar-refractivity contribution >= 4 is 5.91 Å². The van der Waals surface area contributed by atoms with Crippen LogP contribution in [0, 0.1) is 20.8 Å². The molecule has 0 saturated heterocycles. The molecule has 3 nitrogen and oxygen atoms in total. The number of aryl methyl sites for hydroxylation is 3. The maximum absolute atomic E-state index is 12.4. The summed E-state index contributed by atoms with van der Waals surface area (Å²) in [5.74, 6) is -0.0585. The summed E-state index contributed by atoms with van der Waals surface area (Å²) in [6.45, 7) is 6.44. The molecule has 0 saturated carbocycles. The minimum absolute atomic E-state index is 0.0585. The predicted molar refractivity (Wildman–Crippen MR) is 89.2 cm³/mol. The highest BCUT2D eigenvalue weighted by Crippen LogP contribution is 2.20. The van der Waals surface area contributed by atoms with Crippen molar-refractivity contribution in [3.8, 4) is 0 Å². The van der Waals surface area contributed by atoms with Crippen molar-refractivity contribution in [1.82, 2.24) is 5.32 Å². The maximum Gasteiger partial charge on any atom is 0.251 e. The molecule has 0 aliphatic rings. The fourth-order valence-corrected chi connectivity index (χ4v) is 2.53. The number of hydrogen-bond acceptors (Lipinski definition) is 2. The van der Waals surface area contributed by atoms with Gasteiger partial charge in [-0.3, -0.25) is 4.79 Å². The van der Waals surface area contributed by atoms with Crippen molar-refractivity contribution in [3.05, 3.63) is 70.3 Å². The Morgan fingerprint density at radius 1 is 1.09 bits per heavy atom. The second-order valence-corrected chi connectivity index (χ2v) is 5.61.